The third-order valence-corrected chi connectivity index (χ3v) is 10.2. The number of imidazole rings is 1. The van der Waals surface area contributed by atoms with Gasteiger partial charge in [0.05, 0.1) is 51.5 Å². The molecule has 1 aliphatic rings. The molecule has 0 saturated carbocycles. The van der Waals surface area contributed by atoms with Crippen molar-refractivity contribution < 1.29 is 19.4 Å². The Morgan fingerprint density at radius 1 is 0.863 bits per heavy atom. The second-order valence-corrected chi connectivity index (χ2v) is 14.0. The first-order valence-corrected chi connectivity index (χ1v) is 19.5. The van der Waals surface area contributed by atoms with Gasteiger partial charge < -0.3 is 9.30 Å². The molecule has 3 aromatic rings. The van der Waals surface area contributed by atoms with Crippen molar-refractivity contribution in [3.63, 3.8) is 0 Å². The Labute approximate surface area is 305 Å². The van der Waals surface area contributed by atoms with Crippen molar-refractivity contribution >= 4 is 45.2 Å². The van der Waals surface area contributed by atoms with Gasteiger partial charge in [-0.25, -0.2) is 10.1 Å². The number of hydrazone groups is 1. The van der Waals surface area contributed by atoms with E-state index in [4.69, 9.17) is 9.84 Å². The average Bonchev–Trinajstić information content (AvgIpc) is 3.78. The molecule has 14 heteroatoms. The molecule has 2 heterocycles. The monoisotopic (exact) mass is 723 g/mol. The largest absolute Gasteiger partial charge is 0.493 e. The number of nitrogens with one attached hydrogen (secondary N) is 1. The first kappa shape index (κ1) is 39.7. The number of carbonyl (C=O) groups excluding carboxylic acids is 1. The van der Waals surface area contributed by atoms with Crippen LogP contribution < -0.4 is 9.57 Å². The molecule has 51 heavy (non-hydrogen) atoms. The van der Waals surface area contributed by atoms with Crippen molar-refractivity contribution in [1.82, 2.24) is 19.5 Å². The molecule has 2 aromatic carbocycles. The van der Waals surface area contributed by atoms with E-state index in [1.54, 1.807) is 23.3 Å². The minimum Gasteiger partial charge on any atom is -0.493 e. The highest BCUT2D eigenvalue weighted by Gasteiger charge is 2.37. The van der Waals surface area contributed by atoms with Gasteiger partial charge in [0.15, 0.2) is 5.78 Å². The number of ketones is 1. The number of aromatic nitrogens is 2. The molecule has 2 atom stereocenters. The van der Waals surface area contributed by atoms with Crippen LogP contribution >= 0.6 is 11.9 Å². The van der Waals surface area contributed by atoms with Crippen LogP contribution in [0.4, 0.5) is 11.4 Å². The highest BCUT2D eigenvalue weighted by Crippen LogP contribution is 2.36. The van der Waals surface area contributed by atoms with Gasteiger partial charge in [-0.3, -0.25) is 25.0 Å². The zero-order valence-electron chi connectivity index (χ0n) is 30.3. The molecule has 13 nitrogen and oxygen atoms in total. The van der Waals surface area contributed by atoms with Crippen LogP contribution in [-0.2, 0) is 0 Å². The molecule has 0 amide bonds. The number of ether oxygens (including phenoxy) is 1. The van der Waals surface area contributed by atoms with Crippen molar-refractivity contribution in [3.8, 4) is 5.75 Å². The first-order valence-electron chi connectivity index (χ1n) is 18.7. The van der Waals surface area contributed by atoms with Gasteiger partial charge in [0.1, 0.15) is 16.8 Å². The van der Waals surface area contributed by atoms with Crippen molar-refractivity contribution in [2.24, 2.45) is 5.10 Å². The number of Topliss-reactive ketones (excluding diaryl/α,β-unsaturated/α-hetero) is 1. The van der Waals surface area contributed by atoms with Crippen LogP contribution in [0.1, 0.15) is 140 Å². The number of nitro benzene ring substituents is 2. The summed E-state index contributed by atoms with van der Waals surface area (Å²) < 4.78 is 7.71. The van der Waals surface area contributed by atoms with Gasteiger partial charge in [-0.05, 0) is 43.3 Å². The number of nitrogens with zero attached hydrogens (tertiary/aromatic N) is 6. The molecular weight excluding hydrogens is 671 g/mol. The van der Waals surface area contributed by atoms with E-state index in [0.717, 1.165) is 57.1 Å². The molecule has 0 fully saturated rings. The van der Waals surface area contributed by atoms with Gasteiger partial charge in [-0.2, -0.15) is 9.93 Å². The number of unbranched alkanes of at least 4 members (excludes halogenated alkanes) is 12. The quantitative estimate of drug-likeness (QED) is 0.0293. The fourth-order valence-electron chi connectivity index (χ4n) is 6.42. The van der Waals surface area contributed by atoms with E-state index in [0.29, 0.717) is 23.0 Å². The maximum Gasteiger partial charge on any atom is 0.348 e. The lowest BCUT2D eigenvalue weighted by atomic mass is 10.0. The van der Waals surface area contributed by atoms with Crippen LogP contribution in [0.2, 0.25) is 0 Å². The van der Waals surface area contributed by atoms with Crippen LogP contribution in [0.5, 0.6) is 5.75 Å². The van der Waals surface area contributed by atoms with E-state index in [1.807, 2.05) is 6.07 Å². The number of nitro groups is 2. The lowest BCUT2D eigenvalue weighted by Gasteiger charge is -2.23. The summed E-state index contributed by atoms with van der Waals surface area (Å²) in [4.78, 5) is 44.1. The summed E-state index contributed by atoms with van der Waals surface area (Å²) in [5, 5.41) is 30.6. The Bertz CT molecular complexity index is 1630. The zero-order chi connectivity index (χ0) is 36.6. The molecule has 0 spiro atoms. The molecule has 0 radical (unpaired) electrons. The van der Waals surface area contributed by atoms with Crippen molar-refractivity contribution in [3.05, 3.63) is 68.5 Å². The van der Waals surface area contributed by atoms with E-state index < -0.39 is 27.3 Å². The van der Waals surface area contributed by atoms with E-state index in [1.165, 1.54) is 80.6 Å². The minimum absolute atomic E-state index is 0.0974. The van der Waals surface area contributed by atoms with Gasteiger partial charge in [0, 0.05) is 6.07 Å². The summed E-state index contributed by atoms with van der Waals surface area (Å²) in [5.41, 5.74) is -0.638. The Balaban J connectivity index is 1.52. The lowest BCUT2D eigenvalue weighted by Crippen LogP contribution is -2.34. The van der Waals surface area contributed by atoms with Gasteiger partial charge in [0.25, 0.3) is 0 Å². The van der Waals surface area contributed by atoms with Crippen LogP contribution in [0.15, 0.2) is 47.8 Å². The number of fused-ring (bicyclic) bond motifs is 1. The van der Waals surface area contributed by atoms with Gasteiger partial charge in [0.2, 0.25) is 0 Å². The van der Waals surface area contributed by atoms with E-state index >= 15 is 0 Å². The molecule has 278 valence electrons. The fourth-order valence-corrected chi connectivity index (χ4v) is 7.26. The summed E-state index contributed by atoms with van der Waals surface area (Å²) in [6, 6.07) is 8.29. The maximum atomic E-state index is 14.6. The standard InChI is InChI=1S/C37H53N7O6S/c1-4-7-9-10-11-12-13-14-15-16-17-20-24-50-34-23-19-18-22-29(34)36(45)35(37-39-42(40-51-37)28(6-3)21-8-5-2)41-27-38-30-25-32(43(46)47)33(44(48)49)26-31(30)41/h18-19,22-23,25-28,35,40H,4-17,20-21,24H2,1-3H3. The van der Waals surface area contributed by atoms with Gasteiger partial charge in [-0.15, -0.1) is 0 Å². The number of rotatable bonds is 25. The van der Waals surface area contributed by atoms with Gasteiger partial charge >= 0.3 is 11.4 Å². The smallest absolute Gasteiger partial charge is 0.348 e. The SMILES string of the molecule is CCCCCCCCCCCCCCOc1ccccc1C(=O)C(C1=NN(C(CC)CCCC)NS1)n1cnc2cc([N+](=O)[O-])c([N+](=O)[O-])cc21. The zero-order valence-corrected chi connectivity index (χ0v) is 31.1. The summed E-state index contributed by atoms with van der Waals surface area (Å²) in [7, 11) is 0. The number of para-hydroxylation sites is 1. The highest BCUT2D eigenvalue weighted by molar-refractivity contribution is 8.12. The third kappa shape index (κ3) is 11.0. The van der Waals surface area contributed by atoms with Crippen LogP contribution in [0.25, 0.3) is 11.0 Å². The molecule has 4 rings (SSSR count). The van der Waals surface area contributed by atoms with Crippen LogP contribution in [-0.4, -0.2) is 48.0 Å². The highest BCUT2D eigenvalue weighted by atomic mass is 32.2. The summed E-state index contributed by atoms with van der Waals surface area (Å²) >= 11 is 1.20. The molecule has 1 N–H and O–H groups in total. The third-order valence-electron chi connectivity index (χ3n) is 9.39. The van der Waals surface area contributed by atoms with Crippen molar-refractivity contribution in [2.75, 3.05) is 6.61 Å². The number of hydrogen-bond acceptors (Lipinski definition) is 11. The second-order valence-electron chi connectivity index (χ2n) is 13.2. The topological polar surface area (TPSA) is 158 Å². The van der Waals surface area contributed by atoms with E-state index in [9.17, 15) is 25.0 Å². The molecule has 2 unspecified atom stereocenters. The maximum absolute atomic E-state index is 14.6. The lowest BCUT2D eigenvalue weighted by molar-refractivity contribution is -0.422. The minimum atomic E-state index is -1.07. The van der Waals surface area contributed by atoms with Gasteiger partial charge in [-0.1, -0.05) is 116 Å². The summed E-state index contributed by atoms with van der Waals surface area (Å²) in [5.74, 6) is 0.113. The number of benzene rings is 2. The van der Waals surface area contributed by atoms with Crippen LogP contribution in [0.3, 0.4) is 0 Å². The Morgan fingerprint density at radius 3 is 2.10 bits per heavy atom. The number of hydrogen-bond donors (Lipinski definition) is 1. The Hall–Kier alpha value is -4.04. The summed E-state index contributed by atoms with van der Waals surface area (Å²) in [6.45, 7) is 6.93. The van der Waals surface area contributed by atoms with E-state index in [2.05, 4.69) is 30.6 Å². The molecule has 1 aliphatic heterocycles. The summed E-state index contributed by atoms with van der Waals surface area (Å²) in [6.07, 6.45) is 20.0. The average molecular weight is 724 g/mol. The Morgan fingerprint density at radius 2 is 1.47 bits per heavy atom. The van der Waals surface area contributed by atoms with Crippen molar-refractivity contribution in [1.29, 1.82) is 0 Å². The molecule has 0 saturated heterocycles. The molecular formula is C37H53N7O6S. The molecule has 1 aromatic heterocycles. The number of carbonyl (C=O) groups is 1. The molecule has 0 bridgehead atoms. The first-order chi connectivity index (χ1) is 24.8. The Kier molecular flexibility index (Phi) is 16.1. The normalized spacial score (nSPS) is 14.1. The second kappa shape index (κ2) is 20.7. The predicted molar refractivity (Wildman–Crippen MR) is 203 cm³/mol. The predicted octanol–water partition coefficient (Wildman–Crippen LogP) is 10.1. The van der Waals surface area contributed by atoms with E-state index in [-0.39, 0.29) is 22.9 Å². The van der Waals surface area contributed by atoms with Crippen molar-refractivity contribution in [2.45, 2.75) is 136 Å². The fraction of sp³-hybridized carbons (Fsp3) is 0.595. The molecule has 0 aliphatic carbocycles. The van der Waals surface area contributed by atoms with Crippen LogP contribution in [0, 0.1) is 20.2 Å². The number of hydrazine groups is 1.